The van der Waals surface area contributed by atoms with Crippen LogP contribution >= 0.6 is 0 Å². The van der Waals surface area contributed by atoms with Crippen LogP contribution in [0.5, 0.6) is 5.75 Å². The van der Waals surface area contributed by atoms with Crippen LogP contribution in [-0.4, -0.2) is 18.0 Å². The monoisotopic (exact) mass is 454 g/mol. The molecule has 0 radical (unpaired) electrons. The third-order valence-corrected chi connectivity index (χ3v) is 9.31. The van der Waals surface area contributed by atoms with Gasteiger partial charge in [-0.25, -0.2) is 0 Å². The summed E-state index contributed by atoms with van der Waals surface area (Å²) in [5.41, 5.74) is 3.08. The molecule has 2 unspecified atom stereocenters. The van der Waals surface area contributed by atoms with E-state index in [0.717, 1.165) is 32.1 Å². The maximum absolute atomic E-state index is 11.9. The van der Waals surface area contributed by atoms with Gasteiger partial charge in [-0.1, -0.05) is 52.5 Å². The number of carbonyl (C=O) groups is 2. The molecule has 2 saturated carbocycles. The van der Waals surface area contributed by atoms with Gasteiger partial charge in [0.15, 0.2) is 0 Å². The van der Waals surface area contributed by atoms with E-state index in [1.54, 1.807) is 6.92 Å². The quantitative estimate of drug-likeness (QED) is 0.253. The Balaban J connectivity index is 1.70. The number of benzene rings is 1. The maximum Gasteiger partial charge on any atom is 0.308 e. The molecule has 3 aliphatic rings. The van der Waals surface area contributed by atoms with E-state index in [0.29, 0.717) is 23.5 Å². The number of unbranched alkanes of at least 4 members (excludes halogenated alkanes) is 3. The van der Waals surface area contributed by atoms with Crippen LogP contribution in [0.2, 0.25) is 0 Å². The van der Waals surface area contributed by atoms with Crippen molar-refractivity contribution in [3.63, 3.8) is 0 Å². The first-order valence-electron chi connectivity index (χ1n) is 13.2. The van der Waals surface area contributed by atoms with Crippen molar-refractivity contribution in [2.24, 2.45) is 22.7 Å². The van der Waals surface area contributed by atoms with Crippen molar-refractivity contribution in [2.45, 2.75) is 111 Å². The lowest BCUT2D eigenvalue weighted by molar-refractivity contribution is -0.160. The number of aryl methyl sites for hydroxylation is 1. The van der Waals surface area contributed by atoms with Crippen LogP contribution in [0.3, 0.4) is 0 Å². The summed E-state index contributed by atoms with van der Waals surface area (Å²) in [6.45, 7) is 10.2. The van der Waals surface area contributed by atoms with Crippen molar-refractivity contribution in [1.29, 1.82) is 0 Å². The summed E-state index contributed by atoms with van der Waals surface area (Å²) in [6.07, 6.45) is 11.8. The fraction of sp³-hybridized carbons (Fsp3) is 0.724. The number of esters is 2. The lowest BCUT2D eigenvalue weighted by Gasteiger charge is -2.60. The zero-order valence-electron chi connectivity index (χ0n) is 21.2. The fourth-order valence-electron chi connectivity index (χ4n) is 8.17. The second-order valence-corrected chi connectivity index (χ2v) is 11.5. The topological polar surface area (TPSA) is 52.6 Å². The Kier molecular flexibility index (Phi) is 6.94. The van der Waals surface area contributed by atoms with E-state index >= 15 is 0 Å². The number of fused-ring (bicyclic) bond motifs is 5. The van der Waals surface area contributed by atoms with Crippen LogP contribution in [-0.2, 0) is 20.7 Å². The Morgan fingerprint density at radius 1 is 1.03 bits per heavy atom. The predicted molar refractivity (Wildman–Crippen MR) is 130 cm³/mol. The van der Waals surface area contributed by atoms with Gasteiger partial charge in [-0.3, -0.25) is 9.59 Å². The van der Waals surface area contributed by atoms with Crippen LogP contribution in [0.15, 0.2) is 18.2 Å². The number of hydrogen-bond acceptors (Lipinski definition) is 4. The molecule has 0 N–H and O–H groups in total. The first-order valence-corrected chi connectivity index (χ1v) is 13.2. The van der Waals surface area contributed by atoms with E-state index in [1.807, 2.05) is 6.07 Å². The molecule has 0 aromatic heterocycles. The van der Waals surface area contributed by atoms with Crippen molar-refractivity contribution in [3.8, 4) is 5.75 Å². The summed E-state index contributed by atoms with van der Waals surface area (Å²) in [5.74, 6) is 1.93. The molecule has 4 rings (SSSR count). The molecule has 33 heavy (non-hydrogen) atoms. The number of ether oxygens (including phenoxy) is 2. The minimum absolute atomic E-state index is 0.0451. The molecule has 0 saturated heterocycles. The summed E-state index contributed by atoms with van der Waals surface area (Å²) in [5, 5.41) is 0. The van der Waals surface area contributed by atoms with Gasteiger partial charge in [0.1, 0.15) is 11.9 Å². The van der Waals surface area contributed by atoms with Crippen LogP contribution in [0.25, 0.3) is 0 Å². The Morgan fingerprint density at radius 3 is 2.52 bits per heavy atom. The molecular formula is C29H42O4. The van der Waals surface area contributed by atoms with Gasteiger partial charge in [0, 0.05) is 19.3 Å². The maximum atomic E-state index is 11.9. The Morgan fingerprint density at radius 2 is 1.82 bits per heavy atom. The van der Waals surface area contributed by atoms with Gasteiger partial charge >= 0.3 is 11.9 Å². The Hall–Kier alpha value is -1.84. The summed E-state index contributed by atoms with van der Waals surface area (Å²) in [7, 11) is 0. The Labute approximate surface area is 199 Å². The van der Waals surface area contributed by atoms with Gasteiger partial charge in [0.25, 0.3) is 0 Å². The second kappa shape index (κ2) is 9.43. The number of carbonyl (C=O) groups excluding carboxylic acids is 2. The third kappa shape index (κ3) is 4.47. The van der Waals surface area contributed by atoms with Crippen molar-refractivity contribution in [2.75, 3.05) is 0 Å². The van der Waals surface area contributed by atoms with Gasteiger partial charge in [-0.15, -0.1) is 0 Å². The van der Waals surface area contributed by atoms with E-state index < -0.39 is 0 Å². The van der Waals surface area contributed by atoms with Crippen LogP contribution in [0.4, 0.5) is 0 Å². The number of hydrogen-bond donors (Lipinski definition) is 0. The van der Waals surface area contributed by atoms with Crippen molar-refractivity contribution in [3.05, 3.63) is 29.3 Å². The van der Waals surface area contributed by atoms with Crippen LogP contribution in [0, 0.1) is 22.7 Å². The molecule has 182 valence electrons. The summed E-state index contributed by atoms with van der Waals surface area (Å²) in [4.78, 5) is 23.4. The highest BCUT2D eigenvalue weighted by Crippen LogP contribution is 2.69. The normalized spacial score (nSPS) is 34.7. The zero-order valence-corrected chi connectivity index (χ0v) is 21.2. The summed E-state index contributed by atoms with van der Waals surface area (Å²) < 4.78 is 11.3. The van der Waals surface area contributed by atoms with Crippen LogP contribution < -0.4 is 4.74 Å². The molecule has 4 nitrogen and oxygen atoms in total. The van der Waals surface area contributed by atoms with E-state index in [1.165, 1.54) is 50.2 Å². The van der Waals surface area contributed by atoms with Crippen LogP contribution in [0.1, 0.15) is 109 Å². The Bertz CT molecular complexity index is 892. The van der Waals surface area contributed by atoms with Gasteiger partial charge in [-0.2, -0.15) is 0 Å². The first-order chi connectivity index (χ1) is 15.7. The average Bonchev–Trinajstić information content (AvgIpc) is 3.06. The smallest absolute Gasteiger partial charge is 0.308 e. The van der Waals surface area contributed by atoms with Gasteiger partial charge in [-0.05, 0) is 85.0 Å². The minimum atomic E-state index is -0.264. The molecule has 3 aliphatic carbocycles. The van der Waals surface area contributed by atoms with Gasteiger partial charge in [0.2, 0.25) is 0 Å². The highest BCUT2D eigenvalue weighted by molar-refractivity contribution is 5.69. The SMILES string of the molecule is CCCCCC[C@H]1C[C@@]2(C)C(CC[C@@H]2OC(C)=O)[C@]2(C)CCc3cc(OC(C)=O)ccc3C12. The van der Waals surface area contributed by atoms with Gasteiger partial charge in [0.05, 0.1) is 0 Å². The van der Waals surface area contributed by atoms with Crippen molar-refractivity contribution >= 4 is 11.9 Å². The molecular weight excluding hydrogens is 412 g/mol. The molecule has 0 spiro atoms. The molecule has 2 fully saturated rings. The summed E-state index contributed by atoms with van der Waals surface area (Å²) >= 11 is 0. The molecule has 0 heterocycles. The molecule has 6 atom stereocenters. The standard InChI is InChI=1S/C29H42O4/c1-6-7-8-9-10-22-18-29(5)25(13-14-26(29)33-20(3)31)28(4)16-15-21-17-23(32-19(2)30)11-12-24(21)27(22)28/h11-12,17,22,25-27H,6-10,13-16,18H2,1-5H3/t22-,25?,26-,27?,28-,29-/m0/s1. The molecule has 0 aliphatic heterocycles. The molecule has 0 amide bonds. The van der Waals surface area contributed by atoms with E-state index in [9.17, 15) is 9.59 Å². The van der Waals surface area contributed by atoms with E-state index in [2.05, 4.69) is 32.9 Å². The largest absolute Gasteiger partial charge is 0.462 e. The number of rotatable bonds is 7. The van der Waals surface area contributed by atoms with Crippen molar-refractivity contribution < 1.29 is 19.1 Å². The first kappa shape index (κ1) is 24.3. The lowest BCUT2D eigenvalue weighted by Crippen LogP contribution is -2.54. The van der Waals surface area contributed by atoms with Crippen molar-refractivity contribution in [1.82, 2.24) is 0 Å². The third-order valence-electron chi connectivity index (χ3n) is 9.31. The zero-order chi connectivity index (χ0) is 23.8. The molecule has 1 aromatic carbocycles. The fourth-order valence-corrected chi connectivity index (χ4v) is 8.17. The highest BCUT2D eigenvalue weighted by atomic mass is 16.5. The van der Waals surface area contributed by atoms with E-state index in [4.69, 9.17) is 9.47 Å². The van der Waals surface area contributed by atoms with Gasteiger partial charge < -0.3 is 9.47 Å². The second-order valence-electron chi connectivity index (χ2n) is 11.5. The average molecular weight is 455 g/mol. The summed E-state index contributed by atoms with van der Waals surface area (Å²) in [6, 6.07) is 6.34. The molecule has 1 aromatic rings. The molecule has 0 bridgehead atoms. The highest BCUT2D eigenvalue weighted by Gasteiger charge is 2.63. The predicted octanol–water partition coefficient (Wildman–Crippen LogP) is 6.99. The lowest BCUT2D eigenvalue weighted by atomic mass is 9.44. The van der Waals surface area contributed by atoms with E-state index in [-0.39, 0.29) is 28.9 Å². The minimum Gasteiger partial charge on any atom is -0.462 e. The molecule has 4 heteroatoms.